The summed E-state index contributed by atoms with van der Waals surface area (Å²) < 4.78 is 0. The van der Waals surface area contributed by atoms with Crippen molar-refractivity contribution in [3.63, 3.8) is 0 Å². The summed E-state index contributed by atoms with van der Waals surface area (Å²) in [6, 6.07) is 0. The lowest BCUT2D eigenvalue weighted by atomic mass is 10.0. The van der Waals surface area contributed by atoms with Gasteiger partial charge < -0.3 is 171 Å². The molecule has 0 aromatic rings. The van der Waals surface area contributed by atoms with E-state index in [4.69, 9.17) is 138 Å². The van der Waals surface area contributed by atoms with Crippen molar-refractivity contribution in [2.45, 2.75) is 122 Å². The Kier molecular flexibility index (Phi) is 57.9. The summed E-state index contributed by atoms with van der Waals surface area (Å²) in [6.07, 6.45) is -30.6. The molecule has 34 heteroatoms. The normalized spacial score (nSPS) is 19.3. The van der Waals surface area contributed by atoms with Gasteiger partial charge in [-0.1, -0.05) is 0 Å². The molecule has 0 rings (SSSR count). The van der Waals surface area contributed by atoms with Gasteiger partial charge in [-0.2, -0.15) is 0 Å². The van der Waals surface area contributed by atoms with Gasteiger partial charge in [-0.15, -0.1) is 0 Å². The molecular formula is C34H68O34. The van der Waals surface area contributed by atoms with Crippen molar-refractivity contribution in [3.8, 4) is 0 Å². The SMILES string of the molecule is O=C[C@@H](O)[C@@H](O)[C@H](O)CO.O=C[C@@H](O)[C@H](O)CO.O=C[C@@H](O)[C@H](O)[C@H](O)CO.O=C[C@H](O)[C@@H](O)[C@H](O)CO.O=C[C@H](O)[C@H](O)CO.O=C[C@H](O)[C@H](O)[C@H](O)CO.O=C[C@H](O)[C@H](O)[C@H](O)[C@H](O)CO. The van der Waals surface area contributed by atoms with Gasteiger partial charge >= 0.3 is 0 Å². The number of hydrogen-bond donors (Lipinski definition) is 27. The largest absolute Gasteiger partial charge is 0.394 e. The minimum absolute atomic E-state index is 0.0258. The number of rotatable bonds is 27. The zero-order chi connectivity index (χ0) is 55.4. The third-order valence-corrected chi connectivity index (χ3v) is 7.14. The first-order valence-corrected chi connectivity index (χ1v) is 18.6. The van der Waals surface area contributed by atoms with E-state index >= 15 is 0 Å². The van der Waals surface area contributed by atoms with Gasteiger partial charge in [0.15, 0.2) is 44.0 Å². The average Bonchev–Trinajstić information content (AvgIpc) is 3.38. The Labute approximate surface area is 383 Å². The van der Waals surface area contributed by atoms with Crippen LogP contribution in [0.1, 0.15) is 0 Å². The van der Waals surface area contributed by atoms with Crippen molar-refractivity contribution >= 4 is 44.0 Å². The van der Waals surface area contributed by atoms with Gasteiger partial charge in [0.2, 0.25) is 0 Å². The molecule has 0 bridgehead atoms. The second-order valence-electron chi connectivity index (χ2n) is 12.6. The molecule has 27 N–H and O–H groups in total. The quantitative estimate of drug-likeness (QED) is 0.0340. The predicted molar refractivity (Wildman–Crippen MR) is 212 cm³/mol. The van der Waals surface area contributed by atoms with E-state index < -0.39 is 168 Å². The number of aldehydes is 7. The highest BCUT2D eigenvalue weighted by Crippen LogP contribution is 2.03. The van der Waals surface area contributed by atoms with Gasteiger partial charge in [-0.25, -0.2) is 0 Å². The van der Waals surface area contributed by atoms with Crippen LogP contribution in [0.15, 0.2) is 0 Å². The first-order chi connectivity index (χ1) is 31.5. The summed E-state index contributed by atoms with van der Waals surface area (Å²) in [4.78, 5) is 68.1. The molecule has 0 aliphatic rings. The summed E-state index contributed by atoms with van der Waals surface area (Å²) >= 11 is 0. The zero-order valence-corrected chi connectivity index (χ0v) is 35.5. The van der Waals surface area contributed by atoms with Crippen LogP contribution in [0.25, 0.3) is 0 Å². The van der Waals surface area contributed by atoms with E-state index in [1.54, 1.807) is 0 Å². The van der Waals surface area contributed by atoms with E-state index in [9.17, 15) is 33.6 Å². The minimum Gasteiger partial charge on any atom is -0.394 e. The maximum atomic E-state index is 9.90. The van der Waals surface area contributed by atoms with Crippen molar-refractivity contribution in [1.82, 2.24) is 0 Å². The molecule has 408 valence electrons. The monoisotopic (exact) mass is 1020 g/mol. The Morgan fingerprint density at radius 3 is 0.441 bits per heavy atom. The smallest absolute Gasteiger partial charge is 0.151 e. The molecule has 0 heterocycles. The highest BCUT2D eigenvalue weighted by Gasteiger charge is 2.30. The minimum atomic E-state index is -1.79. The number of carbonyl (C=O) groups is 7. The Morgan fingerprint density at radius 1 is 0.191 bits per heavy atom. The Morgan fingerprint density at radius 2 is 0.324 bits per heavy atom. The van der Waals surface area contributed by atoms with Gasteiger partial charge in [0, 0.05) is 0 Å². The van der Waals surface area contributed by atoms with E-state index in [1.165, 1.54) is 0 Å². The van der Waals surface area contributed by atoms with E-state index in [2.05, 4.69) is 0 Å². The molecule has 0 aromatic heterocycles. The Balaban J connectivity index is -0.000000128. The van der Waals surface area contributed by atoms with Crippen LogP contribution in [0.3, 0.4) is 0 Å². The van der Waals surface area contributed by atoms with Gasteiger partial charge in [0.25, 0.3) is 0 Å². The molecule has 0 aliphatic carbocycles. The van der Waals surface area contributed by atoms with Crippen molar-refractivity contribution in [2.75, 3.05) is 46.2 Å². The molecule has 0 unspecified atom stereocenters. The van der Waals surface area contributed by atoms with Crippen LogP contribution < -0.4 is 0 Å². The highest BCUT2D eigenvalue weighted by atomic mass is 16.4. The summed E-state index contributed by atoms with van der Waals surface area (Å²) in [5.41, 5.74) is 0. The van der Waals surface area contributed by atoms with Crippen LogP contribution in [-0.2, 0) is 33.6 Å². The summed E-state index contributed by atoms with van der Waals surface area (Å²) in [5, 5.41) is 229. The number of hydrogen-bond acceptors (Lipinski definition) is 34. The Hall–Kier alpha value is -3.39. The first-order valence-electron chi connectivity index (χ1n) is 18.6. The van der Waals surface area contributed by atoms with Crippen LogP contribution in [0, 0.1) is 0 Å². The van der Waals surface area contributed by atoms with Crippen molar-refractivity contribution in [3.05, 3.63) is 0 Å². The third-order valence-electron chi connectivity index (χ3n) is 7.14. The molecule has 68 heavy (non-hydrogen) atoms. The van der Waals surface area contributed by atoms with Crippen LogP contribution in [0.5, 0.6) is 0 Å². The van der Waals surface area contributed by atoms with Gasteiger partial charge in [0.05, 0.1) is 46.2 Å². The second-order valence-corrected chi connectivity index (χ2v) is 12.6. The van der Waals surface area contributed by atoms with E-state index in [1.807, 2.05) is 0 Å². The first kappa shape index (κ1) is 78.8. The molecule has 0 saturated heterocycles. The van der Waals surface area contributed by atoms with Crippen molar-refractivity contribution in [1.29, 1.82) is 0 Å². The molecule has 0 saturated carbocycles. The summed E-state index contributed by atoms with van der Waals surface area (Å²) in [7, 11) is 0. The topological polar surface area (TPSA) is 666 Å². The predicted octanol–water partition coefficient (Wildman–Crippen LogP) is -18.5. The maximum Gasteiger partial charge on any atom is 0.151 e. The van der Waals surface area contributed by atoms with Crippen LogP contribution in [-0.4, -0.2) is 350 Å². The van der Waals surface area contributed by atoms with Gasteiger partial charge in [-0.3, -0.25) is 0 Å². The van der Waals surface area contributed by atoms with Gasteiger partial charge in [0.1, 0.15) is 122 Å². The van der Waals surface area contributed by atoms with E-state index in [-0.39, 0.29) is 44.0 Å². The Bertz CT molecular complexity index is 1070. The molecule has 0 radical (unpaired) electrons. The average molecular weight is 1020 g/mol. The molecule has 34 nitrogen and oxygen atoms in total. The second kappa shape index (κ2) is 50.0. The molecule has 0 spiro atoms. The lowest BCUT2D eigenvalue weighted by Gasteiger charge is -2.22. The number of carbonyl (C=O) groups excluding carboxylic acids is 7. The lowest BCUT2D eigenvalue weighted by molar-refractivity contribution is -0.136. The molecule has 0 fully saturated rings. The van der Waals surface area contributed by atoms with E-state index in [0.717, 1.165) is 0 Å². The fourth-order valence-corrected chi connectivity index (χ4v) is 2.68. The van der Waals surface area contributed by atoms with E-state index in [0.29, 0.717) is 0 Å². The fourth-order valence-electron chi connectivity index (χ4n) is 2.68. The maximum absolute atomic E-state index is 9.90. The van der Waals surface area contributed by atoms with Crippen molar-refractivity contribution < 1.29 is 171 Å². The van der Waals surface area contributed by atoms with Crippen LogP contribution in [0.4, 0.5) is 0 Å². The number of aliphatic hydroxyl groups is 27. The van der Waals surface area contributed by atoms with Gasteiger partial charge in [-0.05, 0) is 0 Å². The number of aliphatic hydroxyl groups excluding tert-OH is 27. The molecular weight excluding hydrogens is 952 g/mol. The standard InChI is InChI=1S/C6H12O6.4C5H10O5.2C4H8O4/c7-1-3(9)5(11)6(12)4(10)2-8;4*6-1-3(8)5(10)4(9)2-7;2*5-1-3(7)4(8)2-6/h1,3-6,8-12H,2H2;4*1,3-5,7-10H,2H2;2*1,3-4,6-8H,2H2/t3-,4+,5-,6+;3-,4+,5+;3-,4+,5-;3-,4-,5+;3-,4-,5-;3-,4+;3-,4-/m0001101/s1. The third kappa shape index (κ3) is 40.5. The molecule has 0 amide bonds. The molecule has 20 atom stereocenters. The highest BCUT2D eigenvalue weighted by molar-refractivity contribution is 5.58. The zero-order valence-electron chi connectivity index (χ0n) is 35.5. The molecule has 0 aliphatic heterocycles. The molecule has 0 aromatic carbocycles. The van der Waals surface area contributed by atoms with Crippen LogP contribution in [0.2, 0.25) is 0 Å². The fraction of sp³-hybridized carbons (Fsp3) is 0.794. The lowest BCUT2D eigenvalue weighted by Crippen LogP contribution is -2.46. The summed E-state index contributed by atoms with van der Waals surface area (Å²) in [5.74, 6) is 0. The van der Waals surface area contributed by atoms with Crippen molar-refractivity contribution in [2.24, 2.45) is 0 Å². The summed E-state index contributed by atoms with van der Waals surface area (Å²) in [6.45, 7) is -4.71. The van der Waals surface area contributed by atoms with Crippen LogP contribution >= 0.6 is 0 Å².